The molecule has 0 aromatic heterocycles. The second-order valence-corrected chi connectivity index (χ2v) is 8.15. The normalized spacial score (nSPS) is 11.4. The predicted molar refractivity (Wildman–Crippen MR) is 97.0 cm³/mol. The molecule has 0 amide bonds. The number of alkyl halides is 4. The third kappa shape index (κ3) is 5.89. The van der Waals surface area contributed by atoms with Gasteiger partial charge in [-0.25, -0.2) is 0 Å². The quantitative estimate of drug-likeness (QED) is 0.430. The van der Waals surface area contributed by atoms with Crippen molar-refractivity contribution in [2.24, 2.45) is 0 Å². The van der Waals surface area contributed by atoms with Gasteiger partial charge in [-0.05, 0) is 0 Å². The van der Waals surface area contributed by atoms with Crippen LogP contribution in [0.4, 0.5) is 18.9 Å². The van der Waals surface area contributed by atoms with Crippen molar-refractivity contribution in [1.82, 2.24) is 0 Å². The molecular formula is C21H18F3INO-. The Morgan fingerprint density at radius 2 is 1.59 bits per heavy atom. The summed E-state index contributed by atoms with van der Waals surface area (Å²) < 4.78 is 42.1. The van der Waals surface area contributed by atoms with Crippen LogP contribution in [0, 0.1) is 3.57 Å². The average Bonchev–Trinajstić information content (AvgIpc) is 2.66. The molecule has 0 aliphatic carbocycles. The van der Waals surface area contributed by atoms with Crippen LogP contribution in [0.3, 0.4) is 0 Å². The fourth-order valence-electron chi connectivity index (χ4n) is 2.59. The van der Waals surface area contributed by atoms with Crippen LogP contribution in [0.2, 0.25) is 0 Å². The van der Waals surface area contributed by atoms with Crippen molar-refractivity contribution >= 4 is 5.69 Å². The first-order chi connectivity index (χ1) is 12.9. The van der Waals surface area contributed by atoms with Crippen LogP contribution in [0.25, 0.3) is 11.1 Å². The molecule has 0 heterocycles. The van der Waals surface area contributed by atoms with Gasteiger partial charge in [-0.2, -0.15) is 0 Å². The molecule has 142 valence electrons. The monoisotopic (exact) mass is 484 g/mol. The van der Waals surface area contributed by atoms with Crippen molar-refractivity contribution < 1.29 is 39.1 Å². The number of hydrogen-bond donors (Lipinski definition) is 1. The van der Waals surface area contributed by atoms with Crippen molar-refractivity contribution in [2.75, 3.05) is 10.2 Å². The Morgan fingerprint density at radius 1 is 0.889 bits per heavy atom. The van der Waals surface area contributed by atoms with Crippen molar-refractivity contribution in [1.29, 1.82) is 0 Å². The van der Waals surface area contributed by atoms with Crippen molar-refractivity contribution in [3.63, 3.8) is 0 Å². The molecule has 1 N–H and O–H groups in total. The molecule has 3 aromatic rings. The molecule has 3 aromatic carbocycles. The summed E-state index contributed by atoms with van der Waals surface area (Å²) >= 11 is 0.109. The van der Waals surface area contributed by atoms with Gasteiger partial charge in [0.25, 0.3) is 0 Å². The summed E-state index contributed by atoms with van der Waals surface area (Å²) in [6.07, 6.45) is -4.68. The molecule has 0 saturated heterocycles. The molecule has 27 heavy (non-hydrogen) atoms. The molecule has 0 bridgehead atoms. The maximum atomic E-state index is 12.3. The van der Waals surface area contributed by atoms with Crippen LogP contribution in [-0.4, -0.2) is 11.3 Å². The van der Waals surface area contributed by atoms with E-state index in [-0.39, 0.29) is 27.0 Å². The van der Waals surface area contributed by atoms with Gasteiger partial charge in [0.1, 0.15) is 5.75 Å². The Balaban J connectivity index is 1.67. The first kappa shape index (κ1) is 19.5. The molecule has 0 aliphatic rings. The van der Waals surface area contributed by atoms with Crippen LogP contribution in [0.5, 0.6) is 5.75 Å². The van der Waals surface area contributed by atoms with Gasteiger partial charge in [0.2, 0.25) is 0 Å². The Morgan fingerprint density at radius 3 is 2.22 bits per heavy atom. The zero-order valence-corrected chi connectivity index (χ0v) is 16.7. The van der Waals surface area contributed by atoms with Crippen LogP contribution >= 0.6 is 0 Å². The van der Waals surface area contributed by atoms with Gasteiger partial charge in [0.05, 0.1) is 0 Å². The van der Waals surface area contributed by atoms with E-state index in [0.717, 1.165) is 16.8 Å². The van der Waals surface area contributed by atoms with Gasteiger partial charge in [0.15, 0.2) is 0 Å². The molecule has 0 saturated carbocycles. The van der Waals surface area contributed by atoms with Crippen molar-refractivity contribution in [3.8, 4) is 16.9 Å². The van der Waals surface area contributed by atoms with Crippen LogP contribution < -0.4 is 31.3 Å². The summed E-state index contributed by atoms with van der Waals surface area (Å²) in [5.41, 5.74) is 3.90. The number of rotatable bonds is 6. The number of hydrogen-bond acceptors (Lipinski definition) is 2. The third-order valence-corrected chi connectivity index (χ3v) is 5.88. The predicted octanol–water partition coefficient (Wildman–Crippen LogP) is 2.75. The average molecular weight is 484 g/mol. The van der Waals surface area contributed by atoms with Crippen LogP contribution in [0.15, 0.2) is 72.8 Å². The Kier molecular flexibility index (Phi) is 6.26. The first-order valence-electron chi connectivity index (χ1n) is 8.21. The summed E-state index contributed by atoms with van der Waals surface area (Å²) in [5, 5.41) is 3.39. The van der Waals surface area contributed by atoms with Crippen LogP contribution in [0.1, 0.15) is 5.56 Å². The number of halogens is 4. The standard InChI is InChI=1S/C21H18F3INO/c1-25-18-9-5-15(6-10-18)14-26-19-4-2-3-17(13-19)16-7-11-20(12-8-16)27-21(22,23)24/h2-13,26H,14H2,1H3/q-1. The SMILES string of the molecule is C[I-]c1ccc(CNc2cccc(-c3ccc(OC(F)(F)F)cc3)c2)cc1. The van der Waals surface area contributed by atoms with Gasteiger partial charge in [-0.3, -0.25) is 0 Å². The maximum absolute atomic E-state index is 12.3. The number of nitrogens with one attached hydrogen (secondary N) is 1. The van der Waals surface area contributed by atoms with Crippen LogP contribution in [-0.2, 0) is 6.54 Å². The van der Waals surface area contributed by atoms with E-state index in [1.165, 1.54) is 21.3 Å². The van der Waals surface area contributed by atoms with Gasteiger partial charge in [-0.15, -0.1) is 13.2 Å². The van der Waals surface area contributed by atoms with E-state index in [2.05, 4.69) is 39.2 Å². The summed E-state index contributed by atoms with van der Waals surface area (Å²) in [4.78, 5) is 2.24. The molecule has 0 aliphatic heterocycles. The van der Waals surface area contributed by atoms with Crippen molar-refractivity contribution in [3.05, 3.63) is 81.9 Å². The number of ether oxygens (including phenoxy) is 1. The van der Waals surface area contributed by atoms with E-state index in [1.54, 1.807) is 12.1 Å². The zero-order valence-electron chi connectivity index (χ0n) is 14.6. The Bertz CT molecular complexity index is 877. The number of benzene rings is 3. The minimum atomic E-state index is -4.68. The molecule has 6 heteroatoms. The van der Waals surface area contributed by atoms with E-state index in [0.29, 0.717) is 6.54 Å². The number of anilines is 1. The summed E-state index contributed by atoms with van der Waals surface area (Å²) in [5.74, 6) is -0.224. The molecule has 0 fully saturated rings. The molecule has 3 rings (SSSR count). The fourth-order valence-corrected chi connectivity index (χ4v) is 3.67. The van der Waals surface area contributed by atoms with Gasteiger partial charge >= 0.3 is 143 Å². The molecule has 2 nitrogen and oxygen atoms in total. The van der Waals surface area contributed by atoms with Gasteiger partial charge in [-0.1, -0.05) is 0 Å². The van der Waals surface area contributed by atoms with E-state index in [4.69, 9.17) is 0 Å². The third-order valence-electron chi connectivity index (χ3n) is 3.91. The van der Waals surface area contributed by atoms with Gasteiger partial charge < -0.3 is 4.74 Å². The fraction of sp³-hybridized carbons (Fsp3) is 0.143. The molecule has 0 radical (unpaired) electrons. The molecule has 0 unspecified atom stereocenters. The van der Waals surface area contributed by atoms with E-state index in [9.17, 15) is 13.2 Å². The minimum absolute atomic E-state index is 0.109. The zero-order chi connectivity index (χ0) is 19.3. The van der Waals surface area contributed by atoms with Gasteiger partial charge in [0, 0.05) is 0 Å². The molecule has 0 spiro atoms. The summed E-state index contributed by atoms with van der Waals surface area (Å²) in [6, 6.07) is 22.3. The van der Waals surface area contributed by atoms with E-state index < -0.39 is 6.36 Å². The molecular weight excluding hydrogens is 466 g/mol. The Hall–Kier alpha value is -2.22. The second-order valence-electron chi connectivity index (χ2n) is 5.82. The summed E-state index contributed by atoms with van der Waals surface area (Å²) in [7, 11) is 0. The topological polar surface area (TPSA) is 21.3 Å². The Labute approximate surface area is 166 Å². The van der Waals surface area contributed by atoms with Crippen molar-refractivity contribution in [2.45, 2.75) is 12.9 Å². The first-order valence-corrected chi connectivity index (χ1v) is 11.4. The molecule has 0 atom stereocenters. The second kappa shape index (κ2) is 8.65. The summed E-state index contributed by atoms with van der Waals surface area (Å²) in [6.45, 7) is 0.712. The van der Waals surface area contributed by atoms with E-state index in [1.807, 2.05) is 24.3 Å². The van der Waals surface area contributed by atoms with E-state index >= 15 is 0 Å².